The number of hydrogen-bond donors (Lipinski definition) is 0. The Labute approximate surface area is 214 Å². The van der Waals surface area contributed by atoms with Crippen LogP contribution in [-0.2, 0) is 11.3 Å². The van der Waals surface area contributed by atoms with Crippen LogP contribution in [0.25, 0.3) is 0 Å². The number of rotatable bonds is 10. The van der Waals surface area contributed by atoms with Crippen LogP contribution in [0, 0.1) is 23.4 Å². The van der Waals surface area contributed by atoms with E-state index >= 15 is 8.78 Å². The van der Waals surface area contributed by atoms with Crippen LogP contribution in [0.5, 0.6) is 5.75 Å². The summed E-state index contributed by atoms with van der Waals surface area (Å²) in [5.41, 5.74) is 1.85. The fraction of sp³-hybridized carbons (Fsp3) is 0.613. The summed E-state index contributed by atoms with van der Waals surface area (Å²) in [4.78, 5) is 0. The van der Waals surface area contributed by atoms with E-state index in [1.54, 1.807) is 12.1 Å². The van der Waals surface area contributed by atoms with Crippen LogP contribution in [0.1, 0.15) is 112 Å². The van der Waals surface area contributed by atoms with Gasteiger partial charge in [-0.3, -0.25) is 0 Å². The Hall–Kier alpha value is -2.01. The number of benzene rings is 2. The van der Waals surface area contributed by atoms with Crippen molar-refractivity contribution in [3.8, 4) is 5.75 Å². The van der Waals surface area contributed by atoms with E-state index in [-0.39, 0.29) is 23.7 Å². The van der Waals surface area contributed by atoms with Gasteiger partial charge in [-0.1, -0.05) is 50.8 Å². The van der Waals surface area contributed by atoms with Gasteiger partial charge in [0, 0.05) is 0 Å². The predicted molar refractivity (Wildman–Crippen MR) is 138 cm³/mol. The summed E-state index contributed by atoms with van der Waals surface area (Å²) in [6.45, 7) is 2.55. The molecule has 0 spiro atoms. The van der Waals surface area contributed by atoms with Crippen LogP contribution in [0.15, 0.2) is 30.3 Å². The fourth-order valence-electron chi connectivity index (χ4n) is 6.21. The molecule has 0 radical (unpaired) electrons. The molecular formula is C31H41F3O2. The molecule has 5 heteroatoms. The third kappa shape index (κ3) is 6.65. The lowest BCUT2D eigenvalue weighted by Crippen LogP contribution is -2.22. The minimum Gasteiger partial charge on any atom is -0.494 e. The molecule has 0 saturated heterocycles. The summed E-state index contributed by atoms with van der Waals surface area (Å²) in [5, 5.41) is 0. The second-order valence-electron chi connectivity index (χ2n) is 10.8. The highest BCUT2D eigenvalue weighted by molar-refractivity contribution is 5.32. The Kier molecular flexibility index (Phi) is 9.75. The average molecular weight is 503 g/mol. The van der Waals surface area contributed by atoms with Crippen molar-refractivity contribution < 1.29 is 22.6 Å². The predicted octanol–water partition coefficient (Wildman–Crippen LogP) is 9.21. The third-order valence-electron chi connectivity index (χ3n) is 8.46. The molecule has 2 aliphatic rings. The standard InChI is InChI=1S/C31H41F3O2/c1-3-4-5-6-21-7-10-23(11-8-21)26-16-17-27(31(34)30(26)33)24-12-14-25(15-13-24)36-20-22-9-18-29(35-2)28(32)19-22/h9,16-19,21,23-25H,3-8,10-15,20H2,1-2H3. The van der Waals surface area contributed by atoms with Gasteiger partial charge in [-0.25, -0.2) is 13.2 Å². The lowest BCUT2D eigenvalue weighted by Gasteiger charge is -2.31. The van der Waals surface area contributed by atoms with E-state index in [4.69, 9.17) is 9.47 Å². The molecule has 2 aromatic rings. The van der Waals surface area contributed by atoms with E-state index in [0.29, 0.717) is 17.7 Å². The van der Waals surface area contributed by atoms with Crippen LogP contribution in [0.4, 0.5) is 13.2 Å². The molecule has 0 bridgehead atoms. The molecular weight excluding hydrogens is 461 g/mol. The quantitative estimate of drug-likeness (QED) is 0.302. The van der Waals surface area contributed by atoms with E-state index in [1.807, 2.05) is 12.1 Å². The maximum atomic E-state index is 15.2. The highest BCUT2D eigenvalue weighted by Gasteiger charge is 2.30. The molecule has 0 aromatic heterocycles. The van der Waals surface area contributed by atoms with Crippen molar-refractivity contribution >= 4 is 0 Å². The molecule has 0 aliphatic heterocycles. The average Bonchev–Trinajstić information content (AvgIpc) is 2.90. The van der Waals surface area contributed by atoms with Gasteiger partial charge < -0.3 is 9.47 Å². The Morgan fingerprint density at radius 2 is 1.39 bits per heavy atom. The Balaban J connectivity index is 1.28. The Bertz CT molecular complexity index is 976. The summed E-state index contributed by atoms with van der Waals surface area (Å²) in [5.74, 6) is -0.541. The molecule has 0 heterocycles. The normalized spacial score (nSPS) is 24.6. The van der Waals surface area contributed by atoms with Gasteiger partial charge >= 0.3 is 0 Å². The van der Waals surface area contributed by atoms with Gasteiger partial charge in [-0.2, -0.15) is 0 Å². The molecule has 0 amide bonds. The van der Waals surface area contributed by atoms with Gasteiger partial charge in [0.05, 0.1) is 19.8 Å². The van der Waals surface area contributed by atoms with Gasteiger partial charge in [0.2, 0.25) is 0 Å². The van der Waals surface area contributed by atoms with E-state index in [0.717, 1.165) is 62.8 Å². The van der Waals surface area contributed by atoms with Crippen LogP contribution < -0.4 is 4.74 Å². The highest BCUT2D eigenvalue weighted by atomic mass is 19.2. The summed E-state index contributed by atoms with van der Waals surface area (Å²) in [6.07, 6.45) is 12.4. The van der Waals surface area contributed by atoms with Gasteiger partial charge in [0.15, 0.2) is 23.2 Å². The first kappa shape index (κ1) is 27.0. The van der Waals surface area contributed by atoms with Crippen molar-refractivity contribution in [1.82, 2.24) is 0 Å². The van der Waals surface area contributed by atoms with Gasteiger partial charge in [-0.15, -0.1) is 0 Å². The molecule has 198 valence electrons. The van der Waals surface area contributed by atoms with E-state index in [1.165, 1.54) is 38.9 Å². The zero-order valence-electron chi connectivity index (χ0n) is 21.8. The van der Waals surface area contributed by atoms with Crippen molar-refractivity contribution in [3.05, 3.63) is 64.5 Å². The third-order valence-corrected chi connectivity index (χ3v) is 8.46. The Morgan fingerprint density at radius 1 is 0.778 bits per heavy atom. The van der Waals surface area contributed by atoms with E-state index in [2.05, 4.69) is 6.92 Å². The first-order valence-electron chi connectivity index (χ1n) is 13.9. The van der Waals surface area contributed by atoms with E-state index < -0.39 is 17.5 Å². The van der Waals surface area contributed by atoms with Crippen LogP contribution >= 0.6 is 0 Å². The smallest absolute Gasteiger partial charge is 0.165 e. The summed E-state index contributed by atoms with van der Waals surface area (Å²) in [7, 11) is 1.44. The van der Waals surface area contributed by atoms with Gasteiger partial charge in [0.25, 0.3) is 0 Å². The fourth-order valence-corrected chi connectivity index (χ4v) is 6.21. The first-order chi connectivity index (χ1) is 17.5. The highest BCUT2D eigenvalue weighted by Crippen LogP contribution is 2.41. The maximum Gasteiger partial charge on any atom is 0.165 e. The molecule has 2 saturated carbocycles. The number of hydrogen-bond acceptors (Lipinski definition) is 2. The minimum atomic E-state index is -0.643. The number of halogens is 3. The van der Waals surface area contributed by atoms with Crippen molar-refractivity contribution in [2.45, 2.75) is 109 Å². The molecule has 2 nitrogen and oxygen atoms in total. The van der Waals surface area contributed by atoms with Crippen LogP contribution in [-0.4, -0.2) is 13.2 Å². The number of ether oxygens (including phenoxy) is 2. The monoisotopic (exact) mass is 502 g/mol. The summed E-state index contributed by atoms with van der Waals surface area (Å²) >= 11 is 0. The molecule has 2 aliphatic carbocycles. The van der Waals surface area contributed by atoms with Crippen molar-refractivity contribution in [3.63, 3.8) is 0 Å². The molecule has 36 heavy (non-hydrogen) atoms. The van der Waals surface area contributed by atoms with Crippen LogP contribution in [0.2, 0.25) is 0 Å². The Morgan fingerprint density at radius 3 is 1.94 bits per heavy atom. The molecule has 2 aromatic carbocycles. The molecule has 0 atom stereocenters. The topological polar surface area (TPSA) is 18.5 Å². The second-order valence-corrected chi connectivity index (χ2v) is 10.8. The maximum absolute atomic E-state index is 15.2. The molecule has 0 N–H and O–H groups in total. The van der Waals surface area contributed by atoms with E-state index in [9.17, 15) is 4.39 Å². The minimum absolute atomic E-state index is 0.0149. The molecule has 2 fully saturated rings. The van der Waals surface area contributed by atoms with Gasteiger partial charge in [0.1, 0.15) is 0 Å². The second kappa shape index (κ2) is 13.0. The zero-order chi connectivity index (χ0) is 25.5. The zero-order valence-corrected chi connectivity index (χ0v) is 21.8. The van der Waals surface area contributed by atoms with Crippen molar-refractivity contribution in [2.24, 2.45) is 5.92 Å². The molecule has 4 rings (SSSR count). The summed E-state index contributed by atoms with van der Waals surface area (Å²) < 4.78 is 55.2. The number of unbranched alkanes of at least 4 members (excludes halogenated alkanes) is 2. The SMILES string of the molecule is CCCCCC1CCC(c2ccc(C3CCC(OCc4ccc(OC)c(F)c4)CC3)c(F)c2F)CC1. The van der Waals surface area contributed by atoms with Gasteiger partial charge in [-0.05, 0) is 97.9 Å². The summed E-state index contributed by atoms with van der Waals surface area (Å²) in [6, 6.07) is 8.53. The van der Waals surface area contributed by atoms with Crippen LogP contribution in [0.3, 0.4) is 0 Å². The lowest BCUT2D eigenvalue weighted by atomic mass is 9.76. The molecule has 0 unspecified atom stereocenters. The number of methoxy groups -OCH3 is 1. The first-order valence-corrected chi connectivity index (χ1v) is 13.9. The van der Waals surface area contributed by atoms with Crippen molar-refractivity contribution in [2.75, 3.05) is 7.11 Å². The lowest BCUT2D eigenvalue weighted by molar-refractivity contribution is 0.0130. The van der Waals surface area contributed by atoms with Crippen molar-refractivity contribution in [1.29, 1.82) is 0 Å². The largest absolute Gasteiger partial charge is 0.494 e.